The molecule has 2 aromatic rings. The van der Waals surface area contributed by atoms with Gasteiger partial charge in [-0.3, -0.25) is 10.1 Å². The van der Waals surface area contributed by atoms with Gasteiger partial charge in [-0.15, -0.1) is 0 Å². The molecule has 6 heteroatoms. The van der Waals surface area contributed by atoms with E-state index in [9.17, 15) is 15.2 Å². The summed E-state index contributed by atoms with van der Waals surface area (Å²) in [5.74, 6) is 0.127. The standard InChI is InChI=1S/C14H11N3O3/c18-14-4-2-1-3-12(14)10-16-15-9-11-5-7-13(8-6-11)17(19)20/h1-10,18H/b15-9+,16-10-. The van der Waals surface area contributed by atoms with Crippen molar-refractivity contribution in [2.45, 2.75) is 0 Å². The molecule has 1 N–H and O–H groups in total. The molecule has 0 aromatic heterocycles. The number of nitro groups is 1. The van der Waals surface area contributed by atoms with Crippen LogP contribution in [0.1, 0.15) is 11.1 Å². The molecule has 2 rings (SSSR count). The Balaban J connectivity index is 2.03. The number of phenols is 1. The molecule has 6 nitrogen and oxygen atoms in total. The zero-order chi connectivity index (χ0) is 14.4. The van der Waals surface area contributed by atoms with Crippen LogP contribution in [0.3, 0.4) is 0 Å². The molecule has 20 heavy (non-hydrogen) atoms. The Morgan fingerprint density at radius 2 is 1.65 bits per heavy atom. The first-order valence-corrected chi connectivity index (χ1v) is 5.75. The maximum absolute atomic E-state index is 10.5. The predicted molar refractivity (Wildman–Crippen MR) is 76.4 cm³/mol. The van der Waals surface area contributed by atoms with Gasteiger partial charge in [-0.25, -0.2) is 0 Å². The van der Waals surface area contributed by atoms with Crippen molar-refractivity contribution in [3.05, 3.63) is 69.8 Å². The quantitative estimate of drug-likeness (QED) is 0.525. The zero-order valence-electron chi connectivity index (χ0n) is 10.4. The van der Waals surface area contributed by atoms with Gasteiger partial charge in [0, 0.05) is 17.7 Å². The number of non-ortho nitro benzene ring substituents is 1. The van der Waals surface area contributed by atoms with Crippen LogP contribution in [0.15, 0.2) is 58.7 Å². The summed E-state index contributed by atoms with van der Waals surface area (Å²) in [6, 6.07) is 12.7. The number of para-hydroxylation sites is 1. The molecule has 100 valence electrons. The summed E-state index contributed by atoms with van der Waals surface area (Å²) in [6.07, 6.45) is 2.90. The van der Waals surface area contributed by atoms with Gasteiger partial charge in [0.2, 0.25) is 0 Å². The van der Waals surface area contributed by atoms with Crippen LogP contribution in [-0.4, -0.2) is 22.5 Å². The Morgan fingerprint density at radius 3 is 2.30 bits per heavy atom. The van der Waals surface area contributed by atoms with Crippen molar-refractivity contribution in [1.82, 2.24) is 0 Å². The van der Waals surface area contributed by atoms with E-state index >= 15 is 0 Å². The van der Waals surface area contributed by atoms with Gasteiger partial charge >= 0.3 is 0 Å². The molecule has 2 aromatic carbocycles. The number of hydrogen-bond acceptors (Lipinski definition) is 5. The van der Waals surface area contributed by atoms with Gasteiger partial charge < -0.3 is 5.11 Å². The van der Waals surface area contributed by atoms with Crippen LogP contribution in [-0.2, 0) is 0 Å². The van der Waals surface area contributed by atoms with Crippen molar-refractivity contribution in [2.75, 3.05) is 0 Å². The maximum atomic E-state index is 10.5. The SMILES string of the molecule is O=[N+]([O-])c1ccc(/C=N/N=C\c2ccccc2O)cc1. The molecular weight excluding hydrogens is 258 g/mol. The normalized spacial score (nSPS) is 11.2. The summed E-state index contributed by atoms with van der Waals surface area (Å²) in [6.45, 7) is 0. The Bertz CT molecular complexity index is 664. The van der Waals surface area contributed by atoms with Crippen LogP contribution in [0.5, 0.6) is 5.75 Å². The van der Waals surface area contributed by atoms with E-state index in [1.807, 2.05) is 0 Å². The monoisotopic (exact) mass is 269 g/mol. The van der Waals surface area contributed by atoms with Crippen molar-refractivity contribution in [2.24, 2.45) is 10.2 Å². The lowest BCUT2D eigenvalue weighted by atomic mass is 10.2. The summed E-state index contributed by atoms with van der Waals surface area (Å²) in [7, 11) is 0. The second-order valence-corrected chi connectivity index (χ2v) is 3.90. The van der Waals surface area contributed by atoms with E-state index < -0.39 is 4.92 Å². The fraction of sp³-hybridized carbons (Fsp3) is 0. The maximum Gasteiger partial charge on any atom is 0.269 e. The van der Waals surface area contributed by atoms with Gasteiger partial charge in [-0.1, -0.05) is 12.1 Å². The van der Waals surface area contributed by atoms with Gasteiger partial charge in [-0.05, 0) is 29.8 Å². The molecule has 0 unspecified atom stereocenters. The van der Waals surface area contributed by atoms with Crippen LogP contribution < -0.4 is 0 Å². The third-order valence-electron chi connectivity index (χ3n) is 2.51. The molecule has 0 bridgehead atoms. The Kier molecular flexibility index (Phi) is 4.18. The molecule has 0 spiro atoms. The smallest absolute Gasteiger partial charge is 0.269 e. The summed E-state index contributed by atoms with van der Waals surface area (Å²) < 4.78 is 0. The number of aromatic hydroxyl groups is 1. The largest absolute Gasteiger partial charge is 0.507 e. The van der Waals surface area contributed by atoms with Crippen LogP contribution in [0.2, 0.25) is 0 Å². The van der Waals surface area contributed by atoms with Gasteiger partial charge in [-0.2, -0.15) is 10.2 Å². The average Bonchev–Trinajstić information content (AvgIpc) is 2.46. The molecule has 0 aliphatic rings. The lowest BCUT2D eigenvalue weighted by Gasteiger charge is -1.94. The van der Waals surface area contributed by atoms with E-state index in [4.69, 9.17) is 0 Å². The molecule has 0 heterocycles. The van der Waals surface area contributed by atoms with E-state index in [1.165, 1.54) is 24.6 Å². The molecule has 0 amide bonds. The highest BCUT2D eigenvalue weighted by atomic mass is 16.6. The Morgan fingerprint density at radius 1 is 1.00 bits per heavy atom. The van der Waals surface area contributed by atoms with Gasteiger partial charge in [0.15, 0.2) is 0 Å². The van der Waals surface area contributed by atoms with Crippen molar-refractivity contribution >= 4 is 18.1 Å². The van der Waals surface area contributed by atoms with E-state index in [2.05, 4.69) is 10.2 Å². The van der Waals surface area contributed by atoms with Crippen molar-refractivity contribution in [3.63, 3.8) is 0 Å². The van der Waals surface area contributed by atoms with Crippen LogP contribution in [0.25, 0.3) is 0 Å². The molecular formula is C14H11N3O3. The zero-order valence-corrected chi connectivity index (χ0v) is 10.4. The van der Waals surface area contributed by atoms with Crippen molar-refractivity contribution < 1.29 is 10.0 Å². The third-order valence-corrected chi connectivity index (χ3v) is 2.51. The lowest BCUT2D eigenvalue weighted by molar-refractivity contribution is -0.384. The minimum Gasteiger partial charge on any atom is -0.507 e. The molecule has 0 fully saturated rings. The van der Waals surface area contributed by atoms with E-state index in [-0.39, 0.29) is 11.4 Å². The molecule has 0 radical (unpaired) electrons. The Hall–Kier alpha value is -3.02. The highest BCUT2D eigenvalue weighted by molar-refractivity contribution is 5.84. The van der Waals surface area contributed by atoms with Gasteiger partial charge in [0.25, 0.3) is 5.69 Å². The third kappa shape index (κ3) is 3.49. The van der Waals surface area contributed by atoms with Crippen LogP contribution in [0, 0.1) is 10.1 Å². The van der Waals surface area contributed by atoms with Gasteiger partial charge in [0.05, 0.1) is 17.4 Å². The molecule has 0 saturated heterocycles. The second-order valence-electron chi connectivity index (χ2n) is 3.90. The number of nitro benzene ring substituents is 1. The first-order chi connectivity index (χ1) is 9.66. The summed E-state index contributed by atoms with van der Waals surface area (Å²) in [5, 5.41) is 27.6. The van der Waals surface area contributed by atoms with Gasteiger partial charge in [0.1, 0.15) is 5.75 Å². The van der Waals surface area contributed by atoms with E-state index in [0.717, 1.165) is 0 Å². The number of hydrogen-bond donors (Lipinski definition) is 1. The first-order valence-electron chi connectivity index (χ1n) is 5.75. The fourth-order valence-corrected chi connectivity index (χ4v) is 1.47. The minimum atomic E-state index is -0.461. The minimum absolute atomic E-state index is 0.0276. The van der Waals surface area contributed by atoms with E-state index in [0.29, 0.717) is 11.1 Å². The topological polar surface area (TPSA) is 88.1 Å². The van der Waals surface area contributed by atoms with Crippen molar-refractivity contribution in [3.8, 4) is 5.75 Å². The molecule has 0 saturated carbocycles. The van der Waals surface area contributed by atoms with E-state index in [1.54, 1.807) is 36.4 Å². The Labute approximate surface area is 114 Å². The first kappa shape index (κ1) is 13.4. The number of rotatable bonds is 4. The highest BCUT2D eigenvalue weighted by Crippen LogP contribution is 2.13. The van der Waals surface area contributed by atoms with Crippen molar-refractivity contribution in [1.29, 1.82) is 0 Å². The van der Waals surface area contributed by atoms with Crippen LogP contribution >= 0.6 is 0 Å². The lowest BCUT2D eigenvalue weighted by Crippen LogP contribution is -1.88. The fourth-order valence-electron chi connectivity index (χ4n) is 1.47. The highest BCUT2D eigenvalue weighted by Gasteiger charge is 2.02. The molecule has 0 atom stereocenters. The molecule has 0 aliphatic carbocycles. The molecule has 0 aliphatic heterocycles. The van der Waals surface area contributed by atoms with Crippen LogP contribution in [0.4, 0.5) is 5.69 Å². The second kappa shape index (κ2) is 6.24. The summed E-state index contributed by atoms with van der Waals surface area (Å²) in [5.41, 5.74) is 1.29. The summed E-state index contributed by atoms with van der Waals surface area (Å²) >= 11 is 0. The predicted octanol–water partition coefficient (Wildman–Crippen LogP) is 2.75. The number of nitrogens with zero attached hydrogens (tertiary/aromatic N) is 3. The summed E-state index contributed by atoms with van der Waals surface area (Å²) in [4.78, 5) is 10.0. The number of phenolic OH excluding ortho intramolecular Hbond substituents is 1. The number of benzene rings is 2. The average molecular weight is 269 g/mol.